The first-order valence-corrected chi connectivity index (χ1v) is 11.9. The molecule has 0 aliphatic heterocycles. The third-order valence-electron chi connectivity index (χ3n) is 4.71. The standard InChI is InChI=1S/C23H44O2S/c1-2-3-4-5-6-7-8-9-10-11-12-13-14-15-16-18-21-25-23(24)20-17-19-22-26/h9-10,26H,2-8,11-22H2,1H3. The molecule has 0 amide bonds. The number of hydrogen-bond acceptors (Lipinski definition) is 3. The van der Waals surface area contributed by atoms with Gasteiger partial charge in [0.25, 0.3) is 0 Å². The van der Waals surface area contributed by atoms with Crippen molar-refractivity contribution in [2.24, 2.45) is 0 Å². The Bertz CT molecular complexity index is 315. The highest BCUT2D eigenvalue weighted by Crippen LogP contribution is 2.10. The first-order valence-electron chi connectivity index (χ1n) is 11.2. The molecule has 3 heteroatoms. The lowest BCUT2D eigenvalue weighted by Gasteiger charge is -2.04. The van der Waals surface area contributed by atoms with Crippen LogP contribution in [0, 0.1) is 0 Å². The number of hydrogen-bond donors (Lipinski definition) is 1. The molecule has 0 saturated heterocycles. The maximum atomic E-state index is 11.4. The van der Waals surface area contributed by atoms with Crippen LogP contribution in [0.15, 0.2) is 12.2 Å². The fourth-order valence-corrected chi connectivity index (χ4v) is 3.21. The van der Waals surface area contributed by atoms with Crippen LogP contribution in [0.3, 0.4) is 0 Å². The molecule has 0 heterocycles. The third-order valence-corrected chi connectivity index (χ3v) is 5.02. The highest BCUT2D eigenvalue weighted by Gasteiger charge is 2.01. The van der Waals surface area contributed by atoms with Gasteiger partial charge in [-0.2, -0.15) is 12.6 Å². The van der Waals surface area contributed by atoms with E-state index < -0.39 is 0 Å². The first kappa shape index (κ1) is 25.6. The monoisotopic (exact) mass is 384 g/mol. The Kier molecular flexibility index (Phi) is 22.2. The molecule has 0 aromatic carbocycles. The highest BCUT2D eigenvalue weighted by atomic mass is 32.1. The molecule has 0 radical (unpaired) electrons. The molecular formula is C23H44O2S. The van der Waals surface area contributed by atoms with Crippen molar-refractivity contribution >= 4 is 18.6 Å². The number of rotatable bonds is 20. The summed E-state index contributed by atoms with van der Waals surface area (Å²) < 4.78 is 5.23. The molecule has 154 valence electrons. The van der Waals surface area contributed by atoms with E-state index in [0.29, 0.717) is 13.0 Å². The molecule has 0 atom stereocenters. The first-order chi connectivity index (χ1) is 12.8. The van der Waals surface area contributed by atoms with Gasteiger partial charge in [-0.1, -0.05) is 76.9 Å². The summed E-state index contributed by atoms with van der Waals surface area (Å²) in [5.74, 6) is 0.807. The van der Waals surface area contributed by atoms with Crippen LogP contribution in [0.2, 0.25) is 0 Å². The van der Waals surface area contributed by atoms with E-state index in [9.17, 15) is 4.79 Å². The number of unbranched alkanes of at least 4 members (excludes halogenated alkanes) is 13. The Morgan fingerprint density at radius 3 is 1.85 bits per heavy atom. The molecule has 0 aliphatic carbocycles. The van der Waals surface area contributed by atoms with Gasteiger partial charge in [-0.25, -0.2) is 0 Å². The van der Waals surface area contributed by atoms with E-state index in [2.05, 4.69) is 31.7 Å². The Balaban J connectivity index is 3.14. The Morgan fingerprint density at radius 1 is 0.731 bits per heavy atom. The van der Waals surface area contributed by atoms with Gasteiger partial charge in [-0.05, 0) is 50.7 Å². The number of carbonyl (C=O) groups is 1. The highest BCUT2D eigenvalue weighted by molar-refractivity contribution is 7.80. The van der Waals surface area contributed by atoms with Crippen LogP contribution in [0.25, 0.3) is 0 Å². The molecule has 0 rings (SSSR count). The second-order valence-corrected chi connectivity index (χ2v) is 7.79. The van der Waals surface area contributed by atoms with Crippen molar-refractivity contribution in [1.82, 2.24) is 0 Å². The minimum atomic E-state index is -0.0421. The summed E-state index contributed by atoms with van der Waals surface area (Å²) in [5, 5.41) is 0. The molecule has 0 aliphatic rings. The van der Waals surface area contributed by atoms with Crippen molar-refractivity contribution in [3.63, 3.8) is 0 Å². The fourth-order valence-electron chi connectivity index (χ4n) is 2.99. The Labute approximate surface area is 169 Å². The van der Waals surface area contributed by atoms with Crippen molar-refractivity contribution in [2.45, 2.75) is 116 Å². The number of thiol groups is 1. The van der Waals surface area contributed by atoms with Gasteiger partial charge in [0.05, 0.1) is 6.61 Å². The zero-order chi connectivity index (χ0) is 19.1. The van der Waals surface area contributed by atoms with E-state index in [1.54, 1.807) is 0 Å². The lowest BCUT2D eigenvalue weighted by Crippen LogP contribution is -2.05. The summed E-state index contributed by atoms with van der Waals surface area (Å²) in [5.41, 5.74) is 0. The fraction of sp³-hybridized carbons (Fsp3) is 0.870. The smallest absolute Gasteiger partial charge is 0.305 e. The molecule has 2 nitrogen and oxygen atoms in total. The summed E-state index contributed by atoms with van der Waals surface area (Å²) in [7, 11) is 0. The number of carbonyl (C=O) groups excluding carboxylic acids is 1. The predicted molar refractivity (Wildman–Crippen MR) is 118 cm³/mol. The van der Waals surface area contributed by atoms with E-state index in [0.717, 1.165) is 25.0 Å². The second kappa shape index (κ2) is 22.6. The summed E-state index contributed by atoms with van der Waals surface area (Å²) in [6.07, 6.45) is 25.4. The number of ether oxygens (including phenoxy) is 1. The predicted octanol–water partition coefficient (Wildman–Crippen LogP) is 7.67. The zero-order valence-corrected chi connectivity index (χ0v) is 18.2. The molecule has 0 fully saturated rings. The minimum Gasteiger partial charge on any atom is -0.466 e. The van der Waals surface area contributed by atoms with Crippen LogP contribution in [0.1, 0.15) is 116 Å². The summed E-state index contributed by atoms with van der Waals surface area (Å²) >= 11 is 4.14. The second-order valence-electron chi connectivity index (χ2n) is 7.34. The lowest BCUT2D eigenvalue weighted by atomic mass is 10.1. The molecule has 0 spiro atoms. The average molecular weight is 385 g/mol. The molecule has 26 heavy (non-hydrogen) atoms. The van der Waals surface area contributed by atoms with Crippen LogP contribution < -0.4 is 0 Å². The lowest BCUT2D eigenvalue weighted by molar-refractivity contribution is -0.143. The van der Waals surface area contributed by atoms with Crippen LogP contribution in [0.4, 0.5) is 0 Å². The maximum Gasteiger partial charge on any atom is 0.305 e. The van der Waals surface area contributed by atoms with Crippen molar-refractivity contribution in [3.05, 3.63) is 12.2 Å². The summed E-state index contributed by atoms with van der Waals surface area (Å²) in [4.78, 5) is 11.4. The third kappa shape index (κ3) is 21.6. The van der Waals surface area contributed by atoms with Gasteiger partial charge >= 0.3 is 5.97 Å². The molecule has 0 bridgehead atoms. The Hall–Kier alpha value is -0.440. The van der Waals surface area contributed by atoms with Gasteiger partial charge in [0.1, 0.15) is 0 Å². The zero-order valence-electron chi connectivity index (χ0n) is 17.4. The number of allylic oxidation sites excluding steroid dienone is 2. The Morgan fingerprint density at radius 2 is 1.27 bits per heavy atom. The van der Waals surface area contributed by atoms with Crippen LogP contribution >= 0.6 is 12.6 Å². The van der Waals surface area contributed by atoms with Gasteiger partial charge < -0.3 is 4.74 Å². The quantitative estimate of drug-likeness (QED) is 0.101. The van der Waals surface area contributed by atoms with Gasteiger partial charge in [-0.3, -0.25) is 4.79 Å². The maximum absolute atomic E-state index is 11.4. The van der Waals surface area contributed by atoms with Gasteiger partial charge in [0, 0.05) is 6.42 Å². The molecule has 0 unspecified atom stereocenters. The van der Waals surface area contributed by atoms with Crippen molar-refractivity contribution in [1.29, 1.82) is 0 Å². The normalized spacial score (nSPS) is 11.3. The average Bonchev–Trinajstić information content (AvgIpc) is 2.64. The minimum absolute atomic E-state index is 0.0421. The van der Waals surface area contributed by atoms with E-state index in [4.69, 9.17) is 4.74 Å². The summed E-state index contributed by atoms with van der Waals surface area (Å²) in [6, 6.07) is 0. The van der Waals surface area contributed by atoms with Gasteiger partial charge in [0.2, 0.25) is 0 Å². The van der Waals surface area contributed by atoms with E-state index in [1.165, 1.54) is 83.5 Å². The van der Waals surface area contributed by atoms with Gasteiger partial charge in [0.15, 0.2) is 0 Å². The molecule has 0 aromatic rings. The molecule has 0 N–H and O–H groups in total. The van der Waals surface area contributed by atoms with E-state index in [-0.39, 0.29) is 5.97 Å². The topological polar surface area (TPSA) is 26.3 Å². The van der Waals surface area contributed by atoms with Crippen molar-refractivity contribution in [2.75, 3.05) is 12.4 Å². The van der Waals surface area contributed by atoms with Crippen molar-refractivity contribution in [3.8, 4) is 0 Å². The SMILES string of the molecule is CCCCCCCCC=CCCCCCCCCOC(=O)CCCCS. The number of esters is 1. The van der Waals surface area contributed by atoms with Crippen LogP contribution in [-0.2, 0) is 9.53 Å². The van der Waals surface area contributed by atoms with E-state index >= 15 is 0 Å². The summed E-state index contributed by atoms with van der Waals surface area (Å²) in [6.45, 7) is 2.87. The van der Waals surface area contributed by atoms with Crippen molar-refractivity contribution < 1.29 is 9.53 Å². The van der Waals surface area contributed by atoms with E-state index in [1.807, 2.05) is 0 Å². The largest absolute Gasteiger partial charge is 0.466 e. The van der Waals surface area contributed by atoms with Crippen LogP contribution in [0.5, 0.6) is 0 Å². The van der Waals surface area contributed by atoms with Crippen LogP contribution in [-0.4, -0.2) is 18.3 Å². The molecular weight excluding hydrogens is 340 g/mol. The molecule has 0 saturated carbocycles. The van der Waals surface area contributed by atoms with Gasteiger partial charge in [-0.15, -0.1) is 0 Å². The molecule has 0 aromatic heterocycles.